The lowest BCUT2D eigenvalue weighted by molar-refractivity contribution is -0.122. The third-order valence-corrected chi connectivity index (χ3v) is 5.93. The van der Waals surface area contributed by atoms with Gasteiger partial charge >= 0.3 is 0 Å². The van der Waals surface area contributed by atoms with Crippen LogP contribution in [0.1, 0.15) is 42.5 Å². The average molecular weight is 365 g/mol. The van der Waals surface area contributed by atoms with Crippen molar-refractivity contribution in [2.24, 2.45) is 5.92 Å². The molecule has 0 bridgehead atoms. The summed E-state index contributed by atoms with van der Waals surface area (Å²) in [5.74, 6) is -0.211. The molecule has 1 aromatic rings. The van der Waals surface area contributed by atoms with Crippen LogP contribution >= 0.6 is 0 Å². The average Bonchev–Trinajstić information content (AvgIpc) is 3.43. The third kappa shape index (κ3) is 4.79. The molecule has 1 saturated carbocycles. The highest BCUT2D eigenvalue weighted by Crippen LogP contribution is 2.28. The van der Waals surface area contributed by atoms with Gasteiger partial charge in [-0.25, -0.2) is 13.1 Å². The highest BCUT2D eigenvalue weighted by atomic mass is 32.2. The zero-order valence-corrected chi connectivity index (χ0v) is 14.8. The maximum atomic E-state index is 12.4. The second-order valence-corrected chi connectivity index (χ2v) is 8.40. The van der Waals surface area contributed by atoms with E-state index in [1.54, 1.807) is 6.07 Å². The van der Waals surface area contributed by atoms with Gasteiger partial charge in [0.1, 0.15) is 6.04 Å². The number of hydrogen-bond donors (Lipinski definition) is 3. The maximum Gasteiger partial charge on any atom is 0.251 e. The van der Waals surface area contributed by atoms with Gasteiger partial charge in [-0.1, -0.05) is 6.07 Å². The molecular formula is C17H23N3O4S. The Balaban J connectivity index is 1.69. The van der Waals surface area contributed by atoms with Crippen LogP contribution in [0.25, 0.3) is 0 Å². The first-order chi connectivity index (χ1) is 12.0. The number of nitrogens with one attached hydrogen (secondary N) is 3. The third-order valence-electron chi connectivity index (χ3n) is 4.51. The molecule has 1 aromatic carbocycles. The number of amides is 2. The van der Waals surface area contributed by atoms with Crippen molar-refractivity contribution in [3.05, 3.63) is 29.8 Å². The lowest BCUT2D eigenvalue weighted by Crippen LogP contribution is -2.45. The molecule has 7 nitrogen and oxygen atoms in total. The quantitative estimate of drug-likeness (QED) is 0.693. The molecule has 1 heterocycles. The van der Waals surface area contributed by atoms with E-state index < -0.39 is 22.0 Å². The van der Waals surface area contributed by atoms with Crippen molar-refractivity contribution in [2.75, 3.05) is 13.1 Å². The van der Waals surface area contributed by atoms with Crippen LogP contribution in [0.4, 0.5) is 0 Å². The van der Waals surface area contributed by atoms with Gasteiger partial charge in [0, 0.05) is 18.7 Å². The summed E-state index contributed by atoms with van der Waals surface area (Å²) in [6.45, 7) is 1.05. The lowest BCUT2D eigenvalue weighted by atomic mass is 10.1. The zero-order valence-electron chi connectivity index (χ0n) is 14.0. The number of hydrogen-bond acceptors (Lipinski definition) is 4. The summed E-state index contributed by atoms with van der Waals surface area (Å²) in [7, 11) is -3.63. The zero-order chi connectivity index (χ0) is 17.9. The van der Waals surface area contributed by atoms with Crippen molar-refractivity contribution >= 4 is 21.8 Å². The van der Waals surface area contributed by atoms with Gasteiger partial charge < -0.3 is 10.6 Å². The Morgan fingerprint density at radius 1 is 1.20 bits per heavy atom. The minimum atomic E-state index is -3.63. The normalized spacial score (nSPS) is 21.3. The highest BCUT2D eigenvalue weighted by molar-refractivity contribution is 7.89. The molecule has 0 unspecified atom stereocenters. The van der Waals surface area contributed by atoms with E-state index in [1.807, 2.05) is 0 Å². The van der Waals surface area contributed by atoms with Crippen molar-refractivity contribution in [1.82, 2.24) is 15.4 Å². The fourth-order valence-corrected chi connectivity index (χ4v) is 3.92. The van der Waals surface area contributed by atoms with E-state index in [0.29, 0.717) is 25.4 Å². The van der Waals surface area contributed by atoms with Crippen LogP contribution < -0.4 is 15.4 Å². The summed E-state index contributed by atoms with van der Waals surface area (Å²) in [5.41, 5.74) is 0.228. The Bertz CT molecular complexity index is 759. The van der Waals surface area contributed by atoms with Crippen LogP contribution in [0.15, 0.2) is 29.2 Å². The van der Waals surface area contributed by atoms with Crippen LogP contribution in [0.5, 0.6) is 0 Å². The first-order valence-electron chi connectivity index (χ1n) is 8.64. The molecule has 1 aliphatic heterocycles. The molecule has 1 aliphatic carbocycles. The predicted molar refractivity (Wildman–Crippen MR) is 92.5 cm³/mol. The summed E-state index contributed by atoms with van der Waals surface area (Å²) in [6, 6.07) is 5.31. The molecule has 3 rings (SSSR count). The summed E-state index contributed by atoms with van der Waals surface area (Å²) < 4.78 is 27.2. The fourth-order valence-electron chi connectivity index (χ4n) is 2.76. The van der Waals surface area contributed by atoms with Gasteiger partial charge in [-0.3, -0.25) is 9.59 Å². The van der Waals surface area contributed by atoms with E-state index in [9.17, 15) is 18.0 Å². The first kappa shape index (κ1) is 17.9. The molecule has 1 saturated heterocycles. The molecule has 2 fully saturated rings. The van der Waals surface area contributed by atoms with E-state index in [4.69, 9.17) is 0 Å². The SMILES string of the molecule is O=C(N[C@@H]1CCCCNC1=O)c1cccc(S(=O)(=O)NCC2CC2)c1. The largest absolute Gasteiger partial charge is 0.354 e. The molecule has 1 atom stereocenters. The summed E-state index contributed by atoms with van der Waals surface area (Å²) in [6.07, 6.45) is 4.42. The van der Waals surface area contributed by atoms with E-state index in [0.717, 1.165) is 25.7 Å². The Morgan fingerprint density at radius 2 is 2.00 bits per heavy atom. The standard InChI is InChI=1S/C17H23N3O4S/c21-16(20-15-6-1-2-9-18-17(15)22)13-4-3-5-14(10-13)25(23,24)19-11-12-7-8-12/h3-5,10,12,15,19H,1-2,6-9,11H2,(H,18,22)(H,20,21)/t15-/m1/s1. The highest BCUT2D eigenvalue weighted by Gasteiger charge is 2.26. The minimum Gasteiger partial charge on any atom is -0.354 e. The molecule has 0 spiro atoms. The van der Waals surface area contributed by atoms with Crippen LogP contribution in [0.3, 0.4) is 0 Å². The first-order valence-corrected chi connectivity index (χ1v) is 10.1. The topological polar surface area (TPSA) is 104 Å². The van der Waals surface area contributed by atoms with Crippen molar-refractivity contribution in [1.29, 1.82) is 0 Å². The number of carbonyl (C=O) groups is 2. The number of benzene rings is 1. The monoisotopic (exact) mass is 365 g/mol. The van der Waals surface area contributed by atoms with Gasteiger partial charge in [-0.2, -0.15) is 0 Å². The number of carbonyl (C=O) groups excluding carboxylic acids is 2. The Labute approximate surface area is 147 Å². The molecular weight excluding hydrogens is 342 g/mol. The van der Waals surface area contributed by atoms with Gasteiger partial charge in [0.05, 0.1) is 4.90 Å². The van der Waals surface area contributed by atoms with Crippen molar-refractivity contribution < 1.29 is 18.0 Å². The van der Waals surface area contributed by atoms with Crippen molar-refractivity contribution in [2.45, 2.75) is 43.0 Å². The fraction of sp³-hybridized carbons (Fsp3) is 0.529. The molecule has 0 radical (unpaired) electrons. The second kappa shape index (κ2) is 7.53. The van der Waals surface area contributed by atoms with E-state index in [1.165, 1.54) is 18.2 Å². The van der Waals surface area contributed by atoms with Crippen LogP contribution in [-0.2, 0) is 14.8 Å². The van der Waals surface area contributed by atoms with Gasteiger partial charge in [0.25, 0.3) is 5.91 Å². The smallest absolute Gasteiger partial charge is 0.251 e. The second-order valence-electron chi connectivity index (χ2n) is 6.64. The number of sulfonamides is 1. The van der Waals surface area contributed by atoms with Crippen LogP contribution in [-0.4, -0.2) is 39.4 Å². The molecule has 2 aliphatic rings. The van der Waals surface area contributed by atoms with Crippen LogP contribution in [0.2, 0.25) is 0 Å². The van der Waals surface area contributed by atoms with Gasteiger partial charge in [-0.05, 0) is 56.2 Å². The van der Waals surface area contributed by atoms with Crippen molar-refractivity contribution in [3.63, 3.8) is 0 Å². The van der Waals surface area contributed by atoms with E-state index in [2.05, 4.69) is 15.4 Å². The van der Waals surface area contributed by atoms with Gasteiger partial charge in [-0.15, -0.1) is 0 Å². The summed E-state index contributed by atoms with van der Waals surface area (Å²) in [4.78, 5) is 24.4. The molecule has 0 aromatic heterocycles. The molecule has 136 valence electrons. The summed E-state index contributed by atoms with van der Waals surface area (Å²) >= 11 is 0. The number of rotatable bonds is 6. The lowest BCUT2D eigenvalue weighted by Gasteiger charge is -2.15. The van der Waals surface area contributed by atoms with E-state index in [-0.39, 0.29) is 16.4 Å². The molecule has 2 amide bonds. The Hall–Kier alpha value is -1.93. The Kier molecular flexibility index (Phi) is 5.39. The van der Waals surface area contributed by atoms with Gasteiger partial charge in [0.15, 0.2) is 0 Å². The molecule has 25 heavy (non-hydrogen) atoms. The predicted octanol–water partition coefficient (Wildman–Crippen LogP) is 0.773. The van der Waals surface area contributed by atoms with E-state index >= 15 is 0 Å². The van der Waals surface area contributed by atoms with Crippen LogP contribution in [0, 0.1) is 5.92 Å². The van der Waals surface area contributed by atoms with Crippen molar-refractivity contribution in [3.8, 4) is 0 Å². The minimum absolute atomic E-state index is 0.0612. The molecule has 3 N–H and O–H groups in total. The summed E-state index contributed by atoms with van der Waals surface area (Å²) in [5, 5.41) is 5.46. The van der Waals surface area contributed by atoms with Gasteiger partial charge in [0.2, 0.25) is 15.9 Å². The maximum absolute atomic E-state index is 12.4. The molecule has 8 heteroatoms. The Morgan fingerprint density at radius 3 is 2.76 bits per heavy atom.